The van der Waals surface area contributed by atoms with Crippen molar-refractivity contribution in [3.63, 3.8) is 0 Å². The lowest BCUT2D eigenvalue weighted by Gasteiger charge is -2.23. The Morgan fingerprint density at radius 1 is 1.11 bits per heavy atom. The Morgan fingerprint density at radius 3 is 2.16 bits per heavy atom. The van der Waals surface area contributed by atoms with Gasteiger partial charge in [-0.25, -0.2) is 4.98 Å². The fraction of sp³-hybridized carbons (Fsp3) is 0.643. The molecular weight excluding hydrogens is 242 g/mol. The van der Waals surface area contributed by atoms with Gasteiger partial charge in [0.15, 0.2) is 0 Å². The molecular formula is C14H25N3O2. The van der Waals surface area contributed by atoms with Crippen LogP contribution in [-0.2, 0) is 16.0 Å². The summed E-state index contributed by atoms with van der Waals surface area (Å²) in [5.41, 5.74) is 6.62. The van der Waals surface area contributed by atoms with E-state index in [1.165, 1.54) is 0 Å². The van der Waals surface area contributed by atoms with Crippen molar-refractivity contribution in [2.45, 2.75) is 20.4 Å². The fourth-order valence-electron chi connectivity index (χ4n) is 1.70. The normalized spacial score (nSPS) is 10.7. The van der Waals surface area contributed by atoms with Crippen LogP contribution in [0, 0.1) is 0 Å². The molecule has 1 rings (SSSR count). The maximum atomic E-state index is 5.58. The molecule has 0 spiro atoms. The molecule has 0 bridgehead atoms. The highest BCUT2D eigenvalue weighted by Gasteiger charge is 2.07. The molecule has 1 aromatic rings. The number of anilines is 1. The molecule has 0 saturated carbocycles. The minimum absolute atomic E-state index is 0.519. The van der Waals surface area contributed by atoms with Gasteiger partial charge in [-0.2, -0.15) is 0 Å². The minimum Gasteiger partial charge on any atom is -0.380 e. The number of nitrogens with zero attached hydrogens (tertiary/aromatic N) is 2. The van der Waals surface area contributed by atoms with Crippen LogP contribution in [0.15, 0.2) is 18.3 Å². The molecule has 0 aliphatic carbocycles. The minimum atomic E-state index is 0.519. The summed E-state index contributed by atoms with van der Waals surface area (Å²) in [7, 11) is 0. The second-order valence-electron chi connectivity index (χ2n) is 4.11. The first-order chi connectivity index (χ1) is 9.31. The zero-order valence-corrected chi connectivity index (χ0v) is 12.0. The number of aromatic nitrogens is 1. The van der Waals surface area contributed by atoms with Crippen molar-refractivity contribution in [2.24, 2.45) is 5.73 Å². The van der Waals surface area contributed by atoms with Gasteiger partial charge in [0.25, 0.3) is 0 Å². The predicted molar refractivity (Wildman–Crippen MR) is 77.3 cm³/mol. The van der Waals surface area contributed by atoms with Gasteiger partial charge in [-0.05, 0) is 25.5 Å². The van der Waals surface area contributed by atoms with Gasteiger partial charge < -0.3 is 20.1 Å². The van der Waals surface area contributed by atoms with Gasteiger partial charge in [0.2, 0.25) is 0 Å². The third-order valence-corrected chi connectivity index (χ3v) is 2.79. The van der Waals surface area contributed by atoms with E-state index in [-0.39, 0.29) is 0 Å². The molecule has 0 aliphatic rings. The van der Waals surface area contributed by atoms with Crippen LogP contribution in [0.3, 0.4) is 0 Å². The molecule has 0 unspecified atom stereocenters. The van der Waals surface area contributed by atoms with Gasteiger partial charge in [-0.3, -0.25) is 0 Å². The smallest absolute Gasteiger partial charge is 0.128 e. The van der Waals surface area contributed by atoms with E-state index in [2.05, 4.69) is 9.88 Å². The molecule has 5 heteroatoms. The summed E-state index contributed by atoms with van der Waals surface area (Å²) in [6.07, 6.45) is 1.82. The van der Waals surface area contributed by atoms with Crippen LogP contribution in [0.2, 0.25) is 0 Å². The Balaban J connectivity index is 2.58. The van der Waals surface area contributed by atoms with E-state index >= 15 is 0 Å². The first-order valence-corrected chi connectivity index (χ1v) is 6.87. The summed E-state index contributed by atoms with van der Waals surface area (Å²) in [6, 6.07) is 4.01. The monoisotopic (exact) mass is 267 g/mol. The van der Waals surface area contributed by atoms with E-state index in [9.17, 15) is 0 Å². The topological polar surface area (TPSA) is 60.6 Å². The zero-order valence-electron chi connectivity index (χ0n) is 12.0. The van der Waals surface area contributed by atoms with Gasteiger partial charge in [-0.1, -0.05) is 6.07 Å². The van der Waals surface area contributed by atoms with E-state index in [0.29, 0.717) is 19.8 Å². The van der Waals surface area contributed by atoms with Crippen LogP contribution >= 0.6 is 0 Å². The van der Waals surface area contributed by atoms with Gasteiger partial charge in [0.1, 0.15) is 5.82 Å². The molecule has 0 radical (unpaired) electrons. The Bertz CT molecular complexity index is 320. The molecule has 0 saturated heterocycles. The SMILES string of the molecule is CCOCCN(CCOCC)c1ccc(CN)cn1. The maximum absolute atomic E-state index is 5.58. The lowest BCUT2D eigenvalue weighted by Crippen LogP contribution is -2.31. The molecule has 0 amide bonds. The van der Waals surface area contributed by atoms with Crippen LogP contribution in [0.1, 0.15) is 19.4 Å². The van der Waals surface area contributed by atoms with Crippen molar-refractivity contribution in [3.05, 3.63) is 23.9 Å². The highest BCUT2D eigenvalue weighted by Crippen LogP contribution is 2.11. The lowest BCUT2D eigenvalue weighted by molar-refractivity contribution is 0.141. The Labute approximate surface area is 115 Å². The van der Waals surface area contributed by atoms with Gasteiger partial charge in [0.05, 0.1) is 13.2 Å². The molecule has 1 aromatic heterocycles. The Kier molecular flexibility index (Phi) is 8.13. The van der Waals surface area contributed by atoms with Crippen LogP contribution in [0.25, 0.3) is 0 Å². The third kappa shape index (κ3) is 6.00. The summed E-state index contributed by atoms with van der Waals surface area (Å²) >= 11 is 0. The first kappa shape index (κ1) is 15.9. The lowest BCUT2D eigenvalue weighted by atomic mass is 10.3. The molecule has 0 aromatic carbocycles. The molecule has 0 atom stereocenters. The Morgan fingerprint density at radius 2 is 1.74 bits per heavy atom. The zero-order chi connectivity index (χ0) is 13.9. The highest BCUT2D eigenvalue weighted by atomic mass is 16.5. The van der Waals surface area contributed by atoms with Gasteiger partial charge >= 0.3 is 0 Å². The van der Waals surface area contributed by atoms with E-state index in [0.717, 1.165) is 37.7 Å². The molecule has 0 aliphatic heterocycles. The summed E-state index contributed by atoms with van der Waals surface area (Å²) in [5.74, 6) is 0.941. The molecule has 19 heavy (non-hydrogen) atoms. The second-order valence-corrected chi connectivity index (χ2v) is 4.11. The average Bonchev–Trinajstić information content (AvgIpc) is 2.46. The quantitative estimate of drug-likeness (QED) is 0.650. The van der Waals surface area contributed by atoms with Crippen molar-refractivity contribution in [3.8, 4) is 0 Å². The van der Waals surface area contributed by atoms with E-state index in [4.69, 9.17) is 15.2 Å². The molecule has 0 fully saturated rings. The van der Waals surface area contributed by atoms with Crippen LogP contribution in [0.4, 0.5) is 5.82 Å². The maximum Gasteiger partial charge on any atom is 0.128 e. The standard InChI is InChI=1S/C14H25N3O2/c1-3-18-9-7-17(8-10-19-4-2)14-6-5-13(11-15)12-16-14/h5-6,12H,3-4,7-11,15H2,1-2H3. The van der Waals surface area contributed by atoms with Crippen LogP contribution < -0.4 is 10.6 Å². The van der Waals surface area contributed by atoms with Crippen LogP contribution in [-0.4, -0.2) is 44.5 Å². The van der Waals surface area contributed by atoms with Gasteiger partial charge in [-0.15, -0.1) is 0 Å². The molecule has 2 N–H and O–H groups in total. The van der Waals surface area contributed by atoms with E-state index in [1.54, 1.807) is 0 Å². The number of hydrogen-bond acceptors (Lipinski definition) is 5. The number of nitrogens with two attached hydrogens (primary N) is 1. The Hall–Kier alpha value is -1.17. The summed E-state index contributed by atoms with van der Waals surface area (Å²) in [5, 5.41) is 0. The molecule has 1 heterocycles. The number of hydrogen-bond donors (Lipinski definition) is 1. The van der Waals surface area contributed by atoms with Crippen LogP contribution in [0.5, 0.6) is 0 Å². The van der Waals surface area contributed by atoms with Crippen molar-refractivity contribution >= 4 is 5.82 Å². The fourth-order valence-corrected chi connectivity index (χ4v) is 1.70. The van der Waals surface area contributed by atoms with Crippen molar-refractivity contribution in [1.29, 1.82) is 0 Å². The first-order valence-electron chi connectivity index (χ1n) is 6.87. The predicted octanol–water partition coefficient (Wildman–Crippen LogP) is 1.42. The van der Waals surface area contributed by atoms with E-state index in [1.807, 2.05) is 32.2 Å². The van der Waals surface area contributed by atoms with E-state index < -0.39 is 0 Å². The largest absolute Gasteiger partial charge is 0.380 e. The highest BCUT2D eigenvalue weighted by molar-refractivity contribution is 5.39. The molecule has 108 valence electrons. The summed E-state index contributed by atoms with van der Waals surface area (Å²) in [4.78, 5) is 6.61. The van der Waals surface area contributed by atoms with Crippen molar-refractivity contribution in [1.82, 2.24) is 4.98 Å². The number of rotatable bonds is 10. The third-order valence-electron chi connectivity index (χ3n) is 2.79. The number of pyridine rings is 1. The second kappa shape index (κ2) is 9.72. The van der Waals surface area contributed by atoms with Crippen molar-refractivity contribution in [2.75, 3.05) is 44.4 Å². The summed E-state index contributed by atoms with van der Waals surface area (Å²) in [6.45, 7) is 9.01. The average molecular weight is 267 g/mol. The molecule has 5 nitrogen and oxygen atoms in total. The summed E-state index contributed by atoms with van der Waals surface area (Å²) < 4.78 is 10.8. The van der Waals surface area contributed by atoms with Gasteiger partial charge in [0, 0.05) is 39.0 Å². The van der Waals surface area contributed by atoms with Crippen molar-refractivity contribution < 1.29 is 9.47 Å². The number of ether oxygens (including phenoxy) is 2.